The molecule has 122 valence electrons. The Morgan fingerprint density at radius 2 is 1.62 bits per heavy atom. The molecule has 0 unspecified atom stereocenters. The van der Waals surface area contributed by atoms with E-state index in [0.29, 0.717) is 10.9 Å². The van der Waals surface area contributed by atoms with Gasteiger partial charge in [0.1, 0.15) is 11.6 Å². The molecule has 3 aromatic rings. The van der Waals surface area contributed by atoms with E-state index >= 15 is 0 Å². The van der Waals surface area contributed by atoms with Crippen molar-refractivity contribution in [2.75, 3.05) is 0 Å². The molecule has 2 N–H and O–H groups in total. The highest BCUT2D eigenvalue weighted by Gasteiger charge is 2.16. The second-order valence-electron chi connectivity index (χ2n) is 5.20. The normalized spacial score (nSPS) is 10.6. The Balaban J connectivity index is 1.78. The smallest absolute Gasteiger partial charge is 0.272 e. The molecule has 0 radical (unpaired) electrons. The van der Waals surface area contributed by atoms with Crippen molar-refractivity contribution >= 4 is 22.7 Å². The number of hydrazine groups is 1. The molecule has 7 heteroatoms. The van der Waals surface area contributed by atoms with Crippen LogP contribution in [0.1, 0.15) is 20.7 Å². The summed E-state index contributed by atoms with van der Waals surface area (Å²) in [5, 5.41) is 0.712. The predicted octanol–water partition coefficient (Wildman–Crippen LogP) is 2.53. The van der Waals surface area contributed by atoms with Crippen molar-refractivity contribution in [2.45, 2.75) is 0 Å². The molecule has 0 spiro atoms. The third-order valence-electron chi connectivity index (χ3n) is 3.60. The van der Waals surface area contributed by atoms with Crippen LogP contribution < -0.4 is 10.9 Å². The maximum atomic E-state index is 13.5. The fraction of sp³-hybridized carbons (Fsp3) is 0.0588. The molecule has 0 saturated carbocycles. The predicted molar refractivity (Wildman–Crippen MR) is 84.2 cm³/mol. The number of halogens is 2. The zero-order chi connectivity index (χ0) is 17.3. The molecule has 0 fully saturated rings. The van der Waals surface area contributed by atoms with Crippen molar-refractivity contribution in [2.24, 2.45) is 7.05 Å². The molecule has 0 atom stereocenters. The number of aromatic nitrogens is 1. The molecular weight excluding hydrogens is 316 g/mol. The Hall–Kier alpha value is -3.22. The number of carbonyl (C=O) groups is 2. The molecule has 2 amide bonds. The Morgan fingerprint density at radius 3 is 2.38 bits per heavy atom. The number of aryl methyl sites for hydroxylation is 1. The van der Waals surface area contributed by atoms with Gasteiger partial charge in [0.2, 0.25) is 0 Å². The van der Waals surface area contributed by atoms with Crippen LogP contribution in [0.25, 0.3) is 10.9 Å². The van der Waals surface area contributed by atoms with E-state index in [4.69, 9.17) is 0 Å². The van der Waals surface area contributed by atoms with Gasteiger partial charge in [-0.1, -0.05) is 18.2 Å². The number of fused-ring (bicyclic) bond motifs is 1. The molecule has 1 heterocycles. The summed E-state index contributed by atoms with van der Waals surface area (Å²) in [7, 11) is 1.79. The Bertz CT molecular complexity index is 950. The zero-order valence-corrected chi connectivity index (χ0v) is 12.6. The van der Waals surface area contributed by atoms with E-state index in [1.807, 2.05) is 12.1 Å². The second kappa shape index (κ2) is 6.11. The quantitative estimate of drug-likeness (QED) is 0.710. The minimum atomic E-state index is -0.944. The number of hydrogen-bond acceptors (Lipinski definition) is 2. The van der Waals surface area contributed by atoms with Crippen LogP contribution in [-0.4, -0.2) is 16.4 Å². The highest BCUT2D eigenvalue weighted by Crippen LogP contribution is 2.19. The summed E-state index contributed by atoms with van der Waals surface area (Å²) in [5.41, 5.74) is 5.01. The topological polar surface area (TPSA) is 63.1 Å². The van der Waals surface area contributed by atoms with Crippen LogP contribution in [0.15, 0.2) is 48.7 Å². The van der Waals surface area contributed by atoms with Crippen molar-refractivity contribution < 1.29 is 18.4 Å². The standard InChI is InChI=1S/C17H13F2N3O2/c1-22-9-13(11-4-2-3-5-15(11)22)17(24)21-20-16(23)12-8-10(18)6-7-14(12)19/h2-9H,1H3,(H,20,23)(H,21,24). The van der Waals surface area contributed by atoms with Crippen LogP contribution >= 0.6 is 0 Å². The number of nitrogens with one attached hydrogen (secondary N) is 2. The number of amides is 2. The molecule has 1 aromatic heterocycles. The molecule has 0 aliphatic carbocycles. The van der Waals surface area contributed by atoms with Crippen LogP contribution in [0.3, 0.4) is 0 Å². The number of para-hydroxylation sites is 1. The fourth-order valence-electron chi connectivity index (χ4n) is 2.44. The molecular formula is C17H13F2N3O2. The average Bonchev–Trinajstić information content (AvgIpc) is 2.92. The van der Waals surface area contributed by atoms with Gasteiger partial charge in [-0.25, -0.2) is 8.78 Å². The van der Waals surface area contributed by atoms with E-state index in [1.165, 1.54) is 0 Å². The first-order chi connectivity index (χ1) is 11.5. The largest absolute Gasteiger partial charge is 0.350 e. The lowest BCUT2D eigenvalue weighted by Crippen LogP contribution is -2.42. The summed E-state index contributed by atoms with van der Waals surface area (Å²) < 4.78 is 28.4. The highest BCUT2D eigenvalue weighted by atomic mass is 19.1. The summed E-state index contributed by atoms with van der Waals surface area (Å²) in [6.45, 7) is 0. The van der Waals surface area contributed by atoms with E-state index in [1.54, 1.807) is 29.9 Å². The number of carbonyl (C=O) groups excluding carboxylic acids is 2. The van der Waals surface area contributed by atoms with E-state index in [9.17, 15) is 18.4 Å². The summed E-state index contributed by atoms with van der Waals surface area (Å²) in [5.74, 6) is -3.13. The summed E-state index contributed by atoms with van der Waals surface area (Å²) in [4.78, 5) is 24.1. The minimum Gasteiger partial charge on any atom is -0.350 e. The van der Waals surface area contributed by atoms with Crippen molar-refractivity contribution in [1.82, 2.24) is 15.4 Å². The molecule has 0 bridgehead atoms. The van der Waals surface area contributed by atoms with Gasteiger partial charge in [-0.05, 0) is 24.3 Å². The average molecular weight is 329 g/mol. The third kappa shape index (κ3) is 2.83. The van der Waals surface area contributed by atoms with E-state index in [-0.39, 0.29) is 0 Å². The number of nitrogens with zero attached hydrogens (tertiary/aromatic N) is 1. The van der Waals surface area contributed by atoms with Gasteiger partial charge in [0.15, 0.2) is 0 Å². The van der Waals surface area contributed by atoms with E-state index in [2.05, 4.69) is 10.9 Å². The fourth-order valence-corrected chi connectivity index (χ4v) is 2.44. The van der Waals surface area contributed by atoms with Crippen molar-refractivity contribution in [3.05, 3.63) is 71.4 Å². The molecule has 24 heavy (non-hydrogen) atoms. The maximum Gasteiger partial charge on any atom is 0.272 e. The van der Waals surface area contributed by atoms with E-state index < -0.39 is 29.0 Å². The van der Waals surface area contributed by atoms with E-state index in [0.717, 1.165) is 23.7 Å². The zero-order valence-electron chi connectivity index (χ0n) is 12.6. The highest BCUT2D eigenvalue weighted by molar-refractivity contribution is 6.08. The summed E-state index contributed by atoms with van der Waals surface area (Å²) >= 11 is 0. The first kappa shape index (κ1) is 15.7. The Morgan fingerprint density at radius 1 is 0.958 bits per heavy atom. The minimum absolute atomic E-state index is 0.355. The summed E-state index contributed by atoms with van der Waals surface area (Å²) in [6.07, 6.45) is 1.62. The van der Waals surface area contributed by atoms with Crippen molar-refractivity contribution in [1.29, 1.82) is 0 Å². The lowest BCUT2D eigenvalue weighted by Gasteiger charge is -2.07. The molecule has 0 aliphatic rings. The van der Waals surface area contributed by atoms with Crippen molar-refractivity contribution in [3.63, 3.8) is 0 Å². The number of benzene rings is 2. The van der Waals surface area contributed by atoms with Gasteiger partial charge in [0, 0.05) is 24.1 Å². The van der Waals surface area contributed by atoms with Gasteiger partial charge in [-0.3, -0.25) is 20.4 Å². The van der Waals surface area contributed by atoms with Crippen LogP contribution in [0.4, 0.5) is 8.78 Å². The molecule has 2 aromatic carbocycles. The van der Waals surface area contributed by atoms with Gasteiger partial charge in [0.25, 0.3) is 11.8 Å². The third-order valence-corrected chi connectivity index (χ3v) is 3.60. The molecule has 0 aliphatic heterocycles. The first-order valence-corrected chi connectivity index (χ1v) is 7.07. The molecule has 5 nitrogen and oxygen atoms in total. The van der Waals surface area contributed by atoms with Crippen molar-refractivity contribution in [3.8, 4) is 0 Å². The van der Waals surface area contributed by atoms with Gasteiger partial charge >= 0.3 is 0 Å². The Labute approximate surface area is 135 Å². The Kier molecular flexibility index (Phi) is 3.99. The maximum absolute atomic E-state index is 13.5. The first-order valence-electron chi connectivity index (χ1n) is 7.07. The number of rotatable bonds is 2. The van der Waals surface area contributed by atoms with Crippen LogP contribution in [-0.2, 0) is 7.05 Å². The van der Waals surface area contributed by atoms with Gasteiger partial charge in [-0.15, -0.1) is 0 Å². The number of hydrogen-bond donors (Lipinski definition) is 2. The van der Waals surface area contributed by atoms with Gasteiger partial charge < -0.3 is 4.57 Å². The summed E-state index contributed by atoms with van der Waals surface area (Å²) in [6, 6.07) is 9.77. The SMILES string of the molecule is Cn1cc(C(=O)NNC(=O)c2cc(F)ccc2F)c2ccccc21. The second-order valence-corrected chi connectivity index (χ2v) is 5.20. The van der Waals surface area contributed by atoms with Gasteiger partial charge in [-0.2, -0.15) is 0 Å². The molecule has 3 rings (SSSR count). The lowest BCUT2D eigenvalue weighted by molar-refractivity contribution is 0.0845. The van der Waals surface area contributed by atoms with Crippen LogP contribution in [0.5, 0.6) is 0 Å². The van der Waals surface area contributed by atoms with Crippen LogP contribution in [0.2, 0.25) is 0 Å². The van der Waals surface area contributed by atoms with Gasteiger partial charge in [0.05, 0.1) is 11.1 Å². The molecule has 0 saturated heterocycles. The monoisotopic (exact) mass is 329 g/mol. The van der Waals surface area contributed by atoms with Crippen LogP contribution in [0, 0.1) is 11.6 Å². The lowest BCUT2D eigenvalue weighted by atomic mass is 10.1.